The van der Waals surface area contributed by atoms with Crippen molar-refractivity contribution in [1.82, 2.24) is 0 Å². The van der Waals surface area contributed by atoms with Gasteiger partial charge in [-0.15, -0.1) is 0 Å². The molecule has 4 heteroatoms. The number of halogens is 1. The van der Waals surface area contributed by atoms with Gasteiger partial charge < -0.3 is 4.74 Å². The summed E-state index contributed by atoms with van der Waals surface area (Å²) in [5, 5.41) is 6.00. The molecular weight excluding hydrogens is 348 g/mol. The smallest absolute Gasteiger partial charge is 0.169 e. The Bertz CT molecular complexity index is 807. The summed E-state index contributed by atoms with van der Waals surface area (Å²) in [4.78, 5) is 12.4. The van der Waals surface area contributed by atoms with Crippen LogP contribution in [0.1, 0.15) is 15.9 Å². The fraction of sp³-hybridized carbons (Fsp3) is 0.118. The van der Waals surface area contributed by atoms with E-state index in [0.29, 0.717) is 6.42 Å². The second kappa shape index (κ2) is 6.00. The van der Waals surface area contributed by atoms with Crippen LogP contribution < -0.4 is 4.74 Å². The number of benzene rings is 2. The molecule has 2 nitrogen and oxygen atoms in total. The molecule has 3 aromatic rings. The van der Waals surface area contributed by atoms with E-state index in [1.807, 2.05) is 47.2 Å². The maximum absolute atomic E-state index is 12.4. The number of Topliss-reactive ketones (excluding diaryl/α,β-unsaturated/α-hetero) is 1. The van der Waals surface area contributed by atoms with Crippen molar-refractivity contribution in [3.8, 4) is 5.75 Å². The van der Waals surface area contributed by atoms with Crippen LogP contribution in [0.4, 0.5) is 0 Å². The van der Waals surface area contributed by atoms with Gasteiger partial charge in [0.2, 0.25) is 0 Å². The number of hydrogen-bond donors (Lipinski definition) is 0. The molecule has 0 fully saturated rings. The van der Waals surface area contributed by atoms with E-state index in [9.17, 15) is 4.79 Å². The summed E-state index contributed by atoms with van der Waals surface area (Å²) in [6.45, 7) is 0. The summed E-state index contributed by atoms with van der Waals surface area (Å²) in [6, 6.07) is 12.0. The molecule has 0 aliphatic rings. The monoisotopic (exact) mass is 360 g/mol. The van der Waals surface area contributed by atoms with E-state index in [4.69, 9.17) is 4.74 Å². The molecule has 0 bridgehead atoms. The Labute approximate surface area is 135 Å². The third-order valence-corrected chi connectivity index (χ3v) is 5.15. The van der Waals surface area contributed by atoms with Crippen molar-refractivity contribution in [3.63, 3.8) is 0 Å². The third-order valence-electron chi connectivity index (χ3n) is 3.45. The van der Waals surface area contributed by atoms with E-state index >= 15 is 0 Å². The van der Waals surface area contributed by atoms with E-state index in [0.717, 1.165) is 32.1 Å². The van der Waals surface area contributed by atoms with Crippen LogP contribution in [0.15, 0.2) is 51.6 Å². The van der Waals surface area contributed by atoms with Gasteiger partial charge in [-0.1, -0.05) is 24.3 Å². The number of carbonyl (C=O) groups is 1. The van der Waals surface area contributed by atoms with Gasteiger partial charge in [0.25, 0.3) is 0 Å². The molecule has 3 rings (SSSR count). The van der Waals surface area contributed by atoms with E-state index in [1.165, 1.54) is 11.3 Å². The second-order valence-corrected chi connectivity index (χ2v) is 6.34. The molecular formula is C17H13BrO2S. The average molecular weight is 361 g/mol. The number of ether oxygens (including phenoxy) is 1. The van der Waals surface area contributed by atoms with Crippen LogP contribution in [0.5, 0.6) is 5.75 Å². The molecule has 0 atom stereocenters. The highest BCUT2D eigenvalue weighted by Gasteiger charge is 2.13. The zero-order chi connectivity index (χ0) is 14.8. The van der Waals surface area contributed by atoms with E-state index in [1.54, 1.807) is 7.11 Å². The highest BCUT2D eigenvalue weighted by molar-refractivity contribution is 9.10. The zero-order valence-electron chi connectivity index (χ0n) is 11.4. The summed E-state index contributed by atoms with van der Waals surface area (Å²) in [7, 11) is 1.65. The van der Waals surface area contributed by atoms with Crippen LogP contribution in [0, 0.1) is 0 Å². The first-order chi connectivity index (χ1) is 10.2. The number of carbonyl (C=O) groups excluding carboxylic acids is 1. The molecule has 2 aromatic carbocycles. The SMILES string of the molecule is COc1ccc2cccc(CC(=O)c3cscc3Br)c2c1. The van der Waals surface area contributed by atoms with Crippen LogP contribution in [0.2, 0.25) is 0 Å². The Morgan fingerprint density at radius 2 is 2.10 bits per heavy atom. The van der Waals surface area contributed by atoms with Gasteiger partial charge in [0.1, 0.15) is 5.75 Å². The van der Waals surface area contributed by atoms with Crippen molar-refractivity contribution in [2.24, 2.45) is 0 Å². The maximum Gasteiger partial charge on any atom is 0.169 e. The highest BCUT2D eigenvalue weighted by Crippen LogP contribution is 2.27. The molecule has 0 amide bonds. The maximum atomic E-state index is 12.4. The number of thiophene rings is 1. The van der Waals surface area contributed by atoms with Crippen molar-refractivity contribution < 1.29 is 9.53 Å². The Morgan fingerprint density at radius 3 is 2.81 bits per heavy atom. The number of hydrogen-bond acceptors (Lipinski definition) is 3. The first kappa shape index (κ1) is 14.3. The lowest BCUT2D eigenvalue weighted by Gasteiger charge is -2.08. The van der Waals surface area contributed by atoms with Gasteiger partial charge in [0.15, 0.2) is 5.78 Å². The average Bonchev–Trinajstić information content (AvgIpc) is 2.93. The van der Waals surface area contributed by atoms with Gasteiger partial charge in [-0.2, -0.15) is 11.3 Å². The van der Waals surface area contributed by atoms with Gasteiger partial charge >= 0.3 is 0 Å². The topological polar surface area (TPSA) is 26.3 Å². The van der Waals surface area contributed by atoms with Gasteiger partial charge in [-0.05, 0) is 44.4 Å². The van der Waals surface area contributed by atoms with Crippen molar-refractivity contribution in [2.75, 3.05) is 7.11 Å². The largest absolute Gasteiger partial charge is 0.497 e. The molecule has 21 heavy (non-hydrogen) atoms. The molecule has 0 unspecified atom stereocenters. The minimum Gasteiger partial charge on any atom is -0.497 e. The van der Waals surface area contributed by atoms with E-state index in [-0.39, 0.29) is 5.78 Å². The van der Waals surface area contributed by atoms with E-state index in [2.05, 4.69) is 15.9 Å². The molecule has 0 aliphatic heterocycles. The van der Waals surface area contributed by atoms with Crippen molar-refractivity contribution >= 4 is 43.8 Å². The fourth-order valence-electron chi connectivity index (χ4n) is 2.35. The van der Waals surface area contributed by atoms with Crippen LogP contribution in [-0.4, -0.2) is 12.9 Å². The van der Waals surface area contributed by atoms with Crippen molar-refractivity contribution in [2.45, 2.75) is 6.42 Å². The summed E-state index contributed by atoms with van der Waals surface area (Å²) in [5.41, 5.74) is 1.77. The Kier molecular flexibility index (Phi) is 4.08. The summed E-state index contributed by atoms with van der Waals surface area (Å²) in [6.07, 6.45) is 0.389. The minimum atomic E-state index is 0.124. The lowest BCUT2D eigenvalue weighted by atomic mass is 9.98. The van der Waals surface area contributed by atoms with E-state index < -0.39 is 0 Å². The van der Waals surface area contributed by atoms with Crippen LogP contribution >= 0.6 is 27.3 Å². The molecule has 0 spiro atoms. The lowest BCUT2D eigenvalue weighted by Crippen LogP contribution is -2.03. The Morgan fingerprint density at radius 1 is 1.24 bits per heavy atom. The molecule has 1 aromatic heterocycles. The van der Waals surface area contributed by atoms with Gasteiger partial charge in [-0.25, -0.2) is 0 Å². The number of rotatable bonds is 4. The molecule has 0 radical (unpaired) electrons. The van der Waals surface area contributed by atoms with Gasteiger partial charge in [-0.3, -0.25) is 4.79 Å². The number of ketones is 1. The predicted octanol–water partition coefficient (Wildman–Crippen LogP) is 5.10. The Balaban J connectivity index is 2.00. The second-order valence-electron chi connectivity index (χ2n) is 4.74. The fourth-order valence-corrected chi connectivity index (χ4v) is 3.87. The summed E-state index contributed by atoms with van der Waals surface area (Å²) >= 11 is 4.95. The molecule has 0 saturated carbocycles. The standard InChI is InChI=1S/C17H13BrO2S/c1-20-13-6-5-11-3-2-4-12(14(11)8-13)7-17(19)15-9-21-10-16(15)18/h2-6,8-10H,7H2,1H3. The third kappa shape index (κ3) is 2.87. The molecule has 106 valence electrons. The first-order valence-corrected chi connectivity index (χ1v) is 8.23. The lowest BCUT2D eigenvalue weighted by molar-refractivity contribution is 0.0993. The van der Waals surface area contributed by atoms with Crippen LogP contribution in [-0.2, 0) is 6.42 Å². The molecule has 1 heterocycles. The summed E-state index contributed by atoms with van der Waals surface area (Å²) in [5.74, 6) is 0.928. The predicted molar refractivity (Wildman–Crippen MR) is 90.6 cm³/mol. The number of methoxy groups -OCH3 is 1. The highest BCUT2D eigenvalue weighted by atomic mass is 79.9. The zero-order valence-corrected chi connectivity index (χ0v) is 13.8. The summed E-state index contributed by atoms with van der Waals surface area (Å²) < 4.78 is 6.15. The van der Waals surface area contributed by atoms with Gasteiger partial charge in [0.05, 0.1) is 7.11 Å². The van der Waals surface area contributed by atoms with Crippen molar-refractivity contribution in [1.29, 1.82) is 0 Å². The molecule has 0 saturated heterocycles. The number of fused-ring (bicyclic) bond motifs is 1. The quantitative estimate of drug-likeness (QED) is 0.605. The minimum absolute atomic E-state index is 0.124. The molecule has 0 aliphatic carbocycles. The van der Waals surface area contributed by atoms with Crippen LogP contribution in [0.25, 0.3) is 10.8 Å². The first-order valence-electron chi connectivity index (χ1n) is 6.49. The Hall–Kier alpha value is -1.65. The van der Waals surface area contributed by atoms with Crippen LogP contribution in [0.3, 0.4) is 0 Å². The van der Waals surface area contributed by atoms with Gasteiger partial charge in [0, 0.05) is 27.2 Å². The molecule has 0 N–H and O–H groups in total. The van der Waals surface area contributed by atoms with Crippen molar-refractivity contribution in [3.05, 3.63) is 62.8 Å². The normalized spacial score (nSPS) is 10.8.